The molecule has 1 N–H and O–H groups in total. The van der Waals surface area contributed by atoms with E-state index >= 15 is 0 Å². The second kappa shape index (κ2) is 9.20. The van der Waals surface area contributed by atoms with Crippen LogP contribution in [0.15, 0.2) is 55.0 Å². The van der Waals surface area contributed by atoms with E-state index in [1.807, 2.05) is 37.2 Å². The fraction of sp³-hybridized carbons (Fsp3) is 0.231. The number of carbonyl (C=O) groups excluding carboxylic acids is 1. The maximum absolute atomic E-state index is 13.5. The summed E-state index contributed by atoms with van der Waals surface area (Å²) in [5, 5.41) is 5.08. The number of pyridine rings is 3. The van der Waals surface area contributed by atoms with E-state index in [2.05, 4.69) is 20.3 Å². The number of hydrogen-bond donors (Lipinski definition) is 1. The molecule has 172 valence electrons. The third kappa shape index (κ3) is 4.19. The minimum absolute atomic E-state index is 0.0720. The van der Waals surface area contributed by atoms with Crippen LogP contribution in [0.3, 0.4) is 0 Å². The molecule has 1 aliphatic rings. The second-order valence-corrected chi connectivity index (χ2v) is 9.46. The summed E-state index contributed by atoms with van der Waals surface area (Å²) in [5.41, 5.74) is 5.53. The lowest BCUT2D eigenvalue weighted by molar-refractivity contribution is 0.0933. The number of nitrogens with one attached hydrogen (secondary N) is 1. The quantitative estimate of drug-likeness (QED) is 0.386. The zero-order valence-electron chi connectivity index (χ0n) is 18.8. The van der Waals surface area contributed by atoms with Crippen molar-refractivity contribution < 1.29 is 4.79 Å². The minimum atomic E-state index is -0.163. The van der Waals surface area contributed by atoms with Gasteiger partial charge < -0.3 is 10.2 Å². The Labute approximate surface area is 208 Å². The molecule has 1 amide bonds. The molecule has 1 aromatic carbocycles. The number of benzene rings is 1. The zero-order chi connectivity index (χ0) is 23.8. The summed E-state index contributed by atoms with van der Waals surface area (Å²) in [4.78, 5) is 29.1. The molecule has 0 saturated heterocycles. The molecule has 4 aromatic rings. The Morgan fingerprint density at radius 1 is 1.06 bits per heavy atom. The van der Waals surface area contributed by atoms with Crippen LogP contribution in [0.2, 0.25) is 10.0 Å². The first-order chi connectivity index (χ1) is 16.4. The van der Waals surface area contributed by atoms with Crippen LogP contribution in [-0.2, 0) is 6.42 Å². The molecule has 6 nitrogen and oxygen atoms in total. The van der Waals surface area contributed by atoms with Crippen molar-refractivity contribution in [3.8, 4) is 11.3 Å². The fourth-order valence-electron chi connectivity index (χ4n) is 4.65. The smallest absolute Gasteiger partial charge is 0.255 e. The van der Waals surface area contributed by atoms with Gasteiger partial charge in [-0.3, -0.25) is 19.7 Å². The van der Waals surface area contributed by atoms with Gasteiger partial charge >= 0.3 is 0 Å². The Morgan fingerprint density at radius 2 is 1.85 bits per heavy atom. The molecule has 0 bridgehead atoms. The van der Waals surface area contributed by atoms with Gasteiger partial charge in [-0.05, 0) is 55.2 Å². The lowest BCUT2D eigenvalue weighted by Gasteiger charge is -2.26. The number of amides is 1. The third-order valence-corrected chi connectivity index (χ3v) is 6.53. The molecule has 1 aliphatic carbocycles. The summed E-state index contributed by atoms with van der Waals surface area (Å²) >= 11 is 12.5. The number of halogens is 2. The van der Waals surface area contributed by atoms with E-state index in [1.165, 1.54) is 0 Å². The minimum Gasteiger partial charge on any atom is -0.376 e. The van der Waals surface area contributed by atoms with Gasteiger partial charge in [-0.2, -0.15) is 0 Å². The molecule has 0 fully saturated rings. The molecule has 0 spiro atoms. The first kappa shape index (κ1) is 22.6. The normalized spacial score (nSPS) is 15.1. The predicted octanol–water partition coefficient (Wildman–Crippen LogP) is 5.87. The molecule has 3 heterocycles. The summed E-state index contributed by atoms with van der Waals surface area (Å²) in [6.45, 7) is 0. The van der Waals surface area contributed by atoms with Crippen LogP contribution in [0.1, 0.15) is 40.5 Å². The van der Waals surface area contributed by atoms with Crippen molar-refractivity contribution in [3.05, 3.63) is 81.9 Å². The Hall–Kier alpha value is -3.22. The molecule has 34 heavy (non-hydrogen) atoms. The highest BCUT2D eigenvalue weighted by Gasteiger charge is 2.25. The summed E-state index contributed by atoms with van der Waals surface area (Å²) in [6.07, 6.45) is 7.95. The van der Waals surface area contributed by atoms with Crippen LogP contribution < -0.4 is 10.2 Å². The maximum atomic E-state index is 13.5. The monoisotopic (exact) mass is 491 g/mol. The molecule has 0 radical (unpaired) electrons. The topological polar surface area (TPSA) is 71.0 Å². The van der Waals surface area contributed by atoms with Crippen LogP contribution in [0, 0.1) is 0 Å². The first-order valence-corrected chi connectivity index (χ1v) is 11.8. The SMILES string of the molecule is CN(C)c1c(C(=O)N[C@H]2CCCc3ncccc32)cnc2c(-c3cc(Cl)cc(Cl)c3)nccc12. The number of aryl methyl sites for hydroxylation is 1. The Balaban J connectivity index is 1.58. The largest absolute Gasteiger partial charge is 0.376 e. The van der Waals surface area contributed by atoms with Gasteiger partial charge in [-0.25, -0.2) is 0 Å². The average Bonchev–Trinajstić information content (AvgIpc) is 2.82. The van der Waals surface area contributed by atoms with Gasteiger partial charge in [0.05, 0.1) is 28.5 Å². The van der Waals surface area contributed by atoms with Crippen LogP contribution >= 0.6 is 23.2 Å². The van der Waals surface area contributed by atoms with E-state index in [-0.39, 0.29) is 11.9 Å². The van der Waals surface area contributed by atoms with Crippen molar-refractivity contribution in [2.24, 2.45) is 0 Å². The van der Waals surface area contributed by atoms with Crippen molar-refractivity contribution in [2.45, 2.75) is 25.3 Å². The summed E-state index contributed by atoms with van der Waals surface area (Å²) < 4.78 is 0. The van der Waals surface area contributed by atoms with Crippen molar-refractivity contribution in [3.63, 3.8) is 0 Å². The molecular formula is C26H23Cl2N5O. The molecule has 8 heteroatoms. The summed E-state index contributed by atoms with van der Waals surface area (Å²) in [5.74, 6) is -0.163. The number of fused-ring (bicyclic) bond motifs is 2. The van der Waals surface area contributed by atoms with Gasteiger partial charge in [0.2, 0.25) is 0 Å². The number of aromatic nitrogens is 3. The van der Waals surface area contributed by atoms with E-state index in [0.29, 0.717) is 26.8 Å². The van der Waals surface area contributed by atoms with E-state index in [9.17, 15) is 4.79 Å². The molecule has 3 aromatic heterocycles. The molecule has 0 saturated carbocycles. The molecule has 0 unspecified atom stereocenters. The molecule has 5 rings (SSSR count). The van der Waals surface area contributed by atoms with E-state index in [0.717, 1.165) is 47.2 Å². The van der Waals surface area contributed by atoms with E-state index in [1.54, 1.807) is 36.8 Å². The highest BCUT2D eigenvalue weighted by Crippen LogP contribution is 2.35. The summed E-state index contributed by atoms with van der Waals surface area (Å²) in [7, 11) is 3.84. The Kier molecular flexibility index (Phi) is 6.11. The van der Waals surface area contributed by atoms with Gasteiger partial charge in [-0.1, -0.05) is 29.3 Å². The fourth-order valence-corrected chi connectivity index (χ4v) is 5.18. The van der Waals surface area contributed by atoms with Crippen LogP contribution in [0.25, 0.3) is 22.2 Å². The standard InChI is InChI=1S/C26H23Cl2N5O/c1-33(2)25-19-8-10-30-23(15-11-16(27)13-17(28)12-15)24(19)31-14-20(25)26(34)32-22-7-3-6-21-18(22)5-4-9-29-21/h4-5,8-14,22H,3,6-7H2,1-2H3,(H,32,34)/t22-/m0/s1. The highest BCUT2D eigenvalue weighted by molar-refractivity contribution is 6.35. The first-order valence-electron chi connectivity index (χ1n) is 11.1. The number of carbonyl (C=O) groups is 1. The van der Waals surface area contributed by atoms with Crippen molar-refractivity contribution >= 4 is 45.7 Å². The van der Waals surface area contributed by atoms with Crippen LogP contribution in [0.4, 0.5) is 5.69 Å². The number of nitrogens with zero attached hydrogens (tertiary/aromatic N) is 4. The number of hydrogen-bond acceptors (Lipinski definition) is 5. The van der Waals surface area contributed by atoms with E-state index in [4.69, 9.17) is 23.2 Å². The Bertz CT molecular complexity index is 1390. The van der Waals surface area contributed by atoms with Crippen LogP contribution in [-0.4, -0.2) is 35.0 Å². The number of rotatable bonds is 4. The van der Waals surface area contributed by atoms with Gasteiger partial charge in [0, 0.05) is 59.4 Å². The molecular weight excluding hydrogens is 469 g/mol. The van der Waals surface area contributed by atoms with Crippen molar-refractivity contribution in [2.75, 3.05) is 19.0 Å². The lowest BCUT2D eigenvalue weighted by Crippen LogP contribution is -2.32. The predicted molar refractivity (Wildman–Crippen MR) is 137 cm³/mol. The third-order valence-electron chi connectivity index (χ3n) is 6.10. The Morgan fingerprint density at radius 3 is 2.62 bits per heavy atom. The van der Waals surface area contributed by atoms with E-state index < -0.39 is 0 Å². The lowest BCUT2D eigenvalue weighted by atomic mass is 9.91. The van der Waals surface area contributed by atoms with Gasteiger partial charge in [0.25, 0.3) is 5.91 Å². The van der Waals surface area contributed by atoms with Gasteiger partial charge in [-0.15, -0.1) is 0 Å². The molecule has 0 aliphatic heterocycles. The number of anilines is 1. The van der Waals surface area contributed by atoms with Crippen molar-refractivity contribution in [1.29, 1.82) is 0 Å². The zero-order valence-corrected chi connectivity index (χ0v) is 20.4. The summed E-state index contributed by atoms with van der Waals surface area (Å²) in [6, 6.07) is 11.1. The molecule has 1 atom stereocenters. The maximum Gasteiger partial charge on any atom is 0.255 e. The van der Waals surface area contributed by atoms with Crippen LogP contribution in [0.5, 0.6) is 0 Å². The van der Waals surface area contributed by atoms with Gasteiger partial charge in [0.15, 0.2) is 0 Å². The van der Waals surface area contributed by atoms with Crippen molar-refractivity contribution in [1.82, 2.24) is 20.3 Å². The average molecular weight is 492 g/mol. The second-order valence-electron chi connectivity index (χ2n) is 8.59. The van der Waals surface area contributed by atoms with Gasteiger partial charge in [0.1, 0.15) is 0 Å². The highest BCUT2D eigenvalue weighted by atomic mass is 35.5.